The van der Waals surface area contributed by atoms with Crippen molar-refractivity contribution >= 4 is 17.6 Å². The second-order valence-corrected chi connectivity index (χ2v) is 9.46. The van der Waals surface area contributed by atoms with Crippen LogP contribution in [-0.4, -0.2) is 30.2 Å². The number of nitrogens with zero attached hydrogens (tertiary/aromatic N) is 5. The number of nitrogens with one attached hydrogen (secondary N) is 1. The number of aryl methyl sites for hydroxylation is 1. The number of carbonyl (C=O) groups is 1. The van der Waals surface area contributed by atoms with Crippen molar-refractivity contribution < 1.29 is 14.6 Å². The Labute approximate surface area is 222 Å². The van der Waals surface area contributed by atoms with Gasteiger partial charge in [0.05, 0.1) is 12.0 Å². The molecule has 1 saturated carbocycles. The average Bonchev–Trinajstić information content (AvgIpc) is 3.72. The zero-order valence-corrected chi connectivity index (χ0v) is 21.0. The van der Waals surface area contributed by atoms with Crippen molar-refractivity contribution in [2.75, 3.05) is 5.32 Å². The van der Waals surface area contributed by atoms with E-state index < -0.39 is 22.8 Å². The molecule has 1 aliphatic carbocycles. The van der Waals surface area contributed by atoms with E-state index in [1.54, 1.807) is 36.4 Å². The number of rotatable bonds is 9. The maximum atomic E-state index is 13.5. The molecule has 11 heteroatoms. The third-order valence-corrected chi connectivity index (χ3v) is 6.60. The molecule has 11 nitrogen and oxygen atoms in total. The van der Waals surface area contributed by atoms with E-state index in [4.69, 9.17) is 4.74 Å². The van der Waals surface area contributed by atoms with Crippen molar-refractivity contribution in [3.05, 3.63) is 105 Å². The molecule has 5 rings (SSSR count). The SMILES string of the molecule is Cc1ccc(Cn2c(Nc3ccc(Oc4ncccc4C#N)cc3)nc(=O)n(CC3(C(=O)O)CC3)c2=O)cc1. The van der Waals surface area contributed by atoms with Crippen LogP contribution in [0.15, 0.2) is 76.4 Å². The third kappa shape index (κ3) is 5.40. The molecule has 2 N–H and O–H groups in total. The van der Waals surface area contributed by atoms with E-state index in [0.29, 0.717) is 29.8 Å². The zero-order chi connectivity index (χ0) is 27.6. The normalized spacial score (nSPS) is 13.3. The minimum absolute atomic E-state index is 0.0205. The summed E-state index contributed by atoms with van der Waals surface area (Å²) < 4.78 is 7.93. The molecule has 196 valence electrons. The molecule has 2 heterocycles. The molecule has 0 saturated heterocycles. The summed E-state index contributed by atoms with van der Waals surface area (Å²) in [7, 11) is 0. The van der Waals surface area contributed by atoms with E-state index >= 15 is 0 Å². The summed E-state index contributed by atoms with van der Waals surface area (Å²) >= 11 is 0. The monoisotopic (exact) mass is 524 g/mol. The molecule has 39 heavy (non-hydrogen) atoms. The van der Waals surface area contributed by atoms with Crippen LogP contribution in [0, 0.1) is 23.7 Å². The van der Waals surface area contributed by atoms with Crippen LogP contribution in [-0.2, 0) is 17.9 Å². The molecule has 0 amide bonds. The minimum atomic E-state index is -1.11. The second-order valence-electron chi connectivity index (χ2n) is 9.46. The van der Waals surface area contributed by atoms with Crippen molar-refractivity contribution in [1.82, 2.24) is 19.1 Å². The van der Waals surface area contributed by atoms with Gasteiger partial charge < -0.3 is 15.2 Å². The highest BCUT2D eigenvalue weighted by molar-refractivity contribution is 5.77. The predicted molar refractivity (Wildman–Crippen MR) is 141 cm³/mol. The quantitative estimate of drug-likeness (QED) is 0.335. The highest BCUT2D eigenvalue weighted by Crippen LogP contribution is 2.46. The van der Waals surface area contributed by atoms with Gasteiger partial charge in [0.1, 0.15) is 17.4 Å². The van der Waals surface area contributed by atoms with Crippen LogP contribution < -0.4 is 21.4 Å². The van der Waals surface area contributed by atoms with Crippen molar-refractivity contribution in [3.8, 4) is 17.7 Å². The molecular formula is C28H24N6O5. The molecule has 0 aliphatic heterocycles. The second kappa shape index (κ2) is 10.3. The molecule has 1 aliphatic rings. The predicted octanol–water partition coefficient (Wildman–Crippen LogP) is 3.43. The van der Waals surface area contributed by atoms with Crippen molar-refractivity contribution in [2.45, 2.75) is 32.9 Å². The van der Waals surface area contributed by atoms with Gasteiger partial charge in [0, 0.05) is 18.4 Å². The van der Waals surface area contributed by atoms with Gasteiger partial charge in [0.2, 0.25) is 11.8 Å². The Hall–Kier alpha value is -5.24. The van der Waals surface area contributed by atoms with E-state index in [9.17, 15) is 24.8 Å². The van der Waals surface area contributed by atoms with Crippen LogP contribution in [0.1, 0.15) is 29.5 Å². The Morgan fingerprint density at radius 3 is 2.46 bits per heavy atom. The fraction of sp³-hybridized carbons (Fsp3) is 0.214. The number of hydrogen-bond acceptors (Lipinski definition) is 8. The van der Waals surface area contributed by atoms with Crippen molar-refractivity contribution in [1.29, 1.82) is 5.26 Å². The number of aromatic nitrogens is 4. The molecule has 0 atom stereocenters. The van der Waals surface area contributed by atoms with Crippen molar-refractivity contribution in [3.63, 3.8) is 0 Å². The maximum absolute atomic E-state index is 13.5. The van der Waals surface area contributed by atoms with Crippen LogP contribution in [0.3, 0.4) is 0 Å². The van der Waals surface area contributed by atoms with Crippen LogP contribution in [0.25, 0.3) is 0 Å². The van der Waals surface area contributed by atoms with Crippen LogP contribution in [0.5, 0.6) is 11.6 Å². The molecule has 2 aromatic heterocycles. The maximum Gasteiger partial charge on any atom is 0.354 e. The summed E-state index contributed by atoms with van der Waals surface area (Å²) in [5.41, 5.74) is 0.0919. The highest BCUT2D eigenvalue weighted by Gasteiger charge is 2.51. The number of carboxylic acid groups (broad SMARTS) is 1. The Balaban J connectivity index is 1.46. The standard InChI is InChI=1S/C28H24N6O5/c1-18-4-6-19(7-5-18)16-33-25(32-26(37)34(27(33)38)17-28(12-13-28)24(35)36)31-21-8-10-22(11-9-21)39-23-20(15-29)3-2-14-30-23/h2-11,14H,12-13,16-17H2,1H3,(H,35,36)(H,31,32,37). The van der Waals surface area contributed by atoms with Gasteiger partial charge in [-0.25, -0.2) is 19.1 Å². The van der Waals surface area contributed by atoms with Gasteiger partial charge in [-0.2, -0.15) is 10.2 Å². The first kappa shape index (κ1) is 25.4. The van der Waals surface area contributed by atoms with Crippen LogP contribution >= 0.6 is 0 Å². The highest BCUT2D eigenvalue weighted by atomic mass is 16.5. The summed E-state index contributed by atoms with van der Waals surface area (Å²) in [5, 5.41) is 21.8. The Bertz CT molecular complexity index is 1700. The molecule has 4 aromatic rings. The van der Waals surface area contributed by atoms with Gasteiger partial charge in [-0.1, -0.05) is 29.8 Å². The van der Waals surface area contributed by atoms with E-state index in [1.165, 1.54) is 10.8 Å². The lowest BCUT2D eigenvalue weighted by Gasteiger charge is -2.17. The zero-order valence-electron chi connectivity index (χ0n) is 21.0. The van der Waals surface area contributed by atoms with Gasteiger partial charge >= 0.3 is 17.3 Å². The molecule has 0 spiro atoms. The van der Waals surface area contributed by atoms with Gasteiger partial charge in [0.25, 0.3) is 0 Å². The topological polar surface area (TPSA) is 152 Å². The van der Waals surface area contributed by atoms with Crippen LogP contribution in [0.4, 0.5) is 11.6 Å². The van der Waals surface area contributed by atoms with E-state index in [-0.39, 0.29) is 24.9 Å². The number of nitriles is 1. The summed E-state index contributed by atoms with van der Waals surface area (Å²) in [6, 6.07) is 19.5. The first-order valence-electron chi connectivity index (χ1n) is 12.2. The fourth-order valence-electron chi connectivity index (χ4n) is 4.08. The van der Waals surface area contributed by atoms with E-state index in [2.05, 4.69) is 15.3 Å². The molecule has 0 radical (unpaired) electrons. The van der Waals surface area contributed by atoms with Crippen LogP contribution in [0.2, 0.25) is 0 Å². The lowest BCUT2D eigenvalue weighted by Crippen LogP contribution is -2.45. The van der Waals surface area contributed by atoms with Gasteiger partial charge in [-0.3, -0.25) is 9.36 Å². The van der Waals surface area contributed by atoms with Gasteiger partial charge in [-0.05, 0) is 61.7 Å². The smallest absolute Gasteiger partial charge is 0.354 e. The molecule has 2 aromatic carbocycles. The number of benzene rings is 2. The number of aliphatic carboxylic acids is 1. The first-order chi connectivity index (χ1) is 18.8. The summed E-state index contributed by atoms with van der Waals surface area (Å²) in [5.74, 6) is -0.407. The fourth-order valence-corrected chi connectivity index (χ4v) is 4.08. The number of pyridine rings is 1. The number of ether oxygens (including phenoxy) is 1. The molecule has 1 fully saturated rings. The summed E-state index contributed by atoms with van der Waals surface area (Å²) in [6.45, 7) is 1.84. The first-order valence-corrected chi connectivity index (χ1v) is 12.2. The third-order valence-electron chi connectivity index (χ3n) is 6.60. The molecule has 0 unspecified atom stereocenters. The minimum Gasteiger partial charge on any atom is -0.481 e. The van der Waals surface area contributed by atoms with E-state index in [1.807, 2.05) is 37.3 Å². The number of anilines is 2. The average molecular weight is 525 g/mol. The largest absolute Gasteiger partial charge is 0.481 e. The Kier molecular flexibility index (Phi) is 6.68. The van der Waals surface area contributed by atoms with Gasteiger partial charge in [0.15, 0.2) is 0 Å². The molecule has 0 bridgehead atoms. The molecular weight excluding hydrogens is 500 g/mol. The van der Waals surface area contributed by atoms with E-state index in [0.717, 1.165) is 15.7 Å². The number of hydrogen-bond donors (Lipinski definition) is 2. The van der Waals surface area contributed by atoms with Gasteiger partial charge in [-0.15, -0.1) is 0 Å². The summed E-state index contributed by atoms with van der Waals surface area (Å²) in [4.78, 5) is 46.3. The number of carboxylic acids is 1. The lowest BCUT2D eigenvalue weighted by molar-refractivity contribution is -0.144. The van der Waals surface area contributed by atoms with Crippen molar-refractivity contribution in [2.24, 2.45) is 5.41 Å². The summed E-state index contributed by atoms with van der Waals surface area (Å²) in [6.07, 6.45) is 2.32. The lowest BCUT2D eigenvalue weighted by atomic mass is 10.1. The Morgan fingerprint density at radius 1 is 1.10 bits per heavy atom. The Morgan fingerprint density at radius 2 is 1.82 bits per heavy atom.